The molecular formula is C15H22N4. The Labute approximate surface area is 114 Å². The summed E-state index contributed by atoms with van der Waals surface area (Å²) in [5.41, 5.74) is 7.65. The molecule has 1 saturated heterocycles. The summed E-state index contributed by atoms with van der Waals surface area (Å²) in [5.74, 6) is 1.89. The molecule has 4 heteroatoms. The van der Waals surface area contributed by atoms with E-state index in [-0.39, 0.29) is 5.84 Å². The van der Waals surface area contributed by atoms with Crippen LogP contribution in [0.1, 0.15) is 43.2 Å². The fourth-order valence-electron chi connectivity index (χ4n) is 3.76. The number of aryl methyl sites for hydroxylation is 1. The second-order valence-corrected chi connectivity index (χ2v) is 5.83. The molecule has 2 atom stereocenters. The molecule has 1 aromatic rings. The van der Waals surface area contributed by atoms with Gasteiger partial charge in [-0.1, -0.05) is 12.8 Å². The number of anilines is 1. The molecule has 2 aliphatic rings. The molecular weight excluding hydrogens is 236 g/mol. The molecule has 0 amide bonds. The zero-order valence-corrected chi connectivity index (χ0v) is 11.5. The van der Waals surface area contributed by atoms with Crippen molar-refractivity contribution in [2.75, 3.05) is 11.4 Å². The smallest absolute Gasteiger partial charge is 0.140 e. The molecule has 102 valence electrons. The fourth-order valence-corrected chi connectivity index (χ4v) is 3.76. The molecule has 4 nitrogen and oxygen atoms in total. The molecule has 1 aliphatic carbocycles. The molecule has 2 unspecified atom stereocenters. The highest BCUT2D eigenvalue weighted by molar-refractivity contribution is 6.01. The Morgan fingerprint density at radius 2 is 2.16 bits per heavy atom. The van der Waals surface area contributed by atoms with Crippen LogP contribution in [0.25, 0.3) is 0 Å². The highest BCUT2D eigenvalue weighted by Crippen LogP contribution is 2.39. The van der Waals surface area contributed by atoms with E-state index in [1.54, 1.807) is 0 Å². The third-order valence-electron chi connectivity index (χ3n) is 4.69. The van der Waals surface area contributed by atoms with E-state index in [0.717, 1.165) is 29.4 Å². The van der Waals surface area contributed by atoms with Gasteiger partial charge in [0.1, 0.15) is 11.7 Å². The van der Waals surface area contributed by atoms with Crippen LogP contribution >= 0.6 is 0 Å². The van der Waals surface area contributed by atoms with Crippen LogP contribution in [0.4, 0.5) is 5.82 Å². The first kappa shape index (κ1) is 12.5. The van der Waals surface area contributed by atoms with Gasteiger partial charge in [0.25, 0.3) is 0 Å². The Morgan fingerprint density at radius 3 is 2.95 bits per heavy atom. The van der Waals surface area contributed by atoms with Gasteiger partial charge in [0.05, 0.1) is 5.56 Å². The summed E-state index contributed by atoms with van der Waals surface area (Å²) in [6, 6.07) is 2.55. The van der Waals surface area contributed by atoms with Crippen LogP contribution in [0.5, 0.6) is 0 Å². The SMILES string of the molecule is Cc1ccnc(N2CCC3CCCCC32)c1C(=N)N. The molecule has 3 rings (SSSR count). The number of amidine groups is 1. The lowest BCUT2D eigenvalue weighted by atomic mass is 9.85. The van der Waals surface area contributed by atoms with Gasteiger partial charge in [-0.05, 0) is 43.7 Å². The fraction of sp³-hybridized carbons (Fsp3) is 0.600. The van der Waals surface area contributed by atoms with Gasteiger partial charge < -0.3 is 10.6 Å². The summed E-state index contributed by atoms with van der Waals surface area (Å²) in [4.78, 5) is 6.95. The number of hydrogen-bond donors (Lipinski definition) is 2. The van der Waals surface area contributed by atoms with E-state index in [2.05, 4.69) is 9.88 Å². The largest absolute Gasteiger partial charge is 0.384 e. The third kappa shape index (κ3) is 2.09. The molecule has 2 fully saturated rings. The summed E-state index contributed by atoms with van der Waals surface area (Å²) in [6.07, 6.45) is 8.40. The van der Waals surface area contributed by atoms with E-state index in [1.807, 2.05) is 19.2 Å². The Hall–Kier alpha value is -1.58. The Morgan fingerprint density at radius 1 is 1.37 bits per heavy atom. The van der Waals surface area contributed by atoms with E-state index in [1.165, 1.54) is 32.1 Å². The van der Waals surface area contributed by atoms with Gasteiger partial charge in [-0.15, -0.1) is 0 Å². The molecule has 2 heterocycles. The van der Waals surface area contributed by atoms with Crippen LogP contribution in [-0.2, 0) is 0 Å². The number of nitrogens with zero attached hydrogens (tertiary/aromatic N) is 2. The van der Waals surface area contributed by atoms with Crippen molar-refractivity contribution in [1.82, 2.24) is 4.98 Å². The van der Waals surface area contributed by atoms with Crippen LogP contribution < -0.4 is 10.6 Å². The van der Waals surface area contributed by atoms with Crippen LogP contribution in [0.2, 0.25) is 0 Å². The topological polar surface area (TPSA) is 66.0 Å². The summed E-state index contributed by atoms with van der Waals surface area (Å²) in [5, 5.41) is 7.82. The van der Waals surface area contributed by atoms with Crippen molar-refractivity contribution in [2.45, 2.75) is 45.1 Å². The van der Waals surface area contributed by atoms with E-state index < -0.39 is 0 Å². The van der Waals surface area contributed by atoms with Gasteiger partial charge in [0.15, 0.2) is 0 Å². The maximum absolute atomic E-state index is 7.82. The summed E-state index contributed by atoms with van der Waals surface area (Å²) in [7, 11) is 0. The van der Waals surface area contributed by atoms with E-state index in [9.17, 15) is 0 Å². The first-order valence-corrected chi connectivity index (χ1v) is 7.25. The van der Waals surface area contributed by atoms with E-state index >= 15 is 0 Å². The first-order chi connectivity index (χ1) is 9.18. The van der Waals surface area contributed by atoms with Crippen molar-refractivity contribution in [2.24, 2.45) is 11.7 Å². The van der Waals surface area contributed by atoms with Gasteiger partial charge >= 0.3 is 0 Å². The number of aromatic nitrogens is 1. The molecule has 0 bridgehead atoms. The number of rotatable bonds is 2. The number of nitrogens with one attached hydrogen (secondary N) is 1. The minimum atomic E-state index is 0.139. The predicted molar refractivity (Wildman–Crippen MR) is 77.7 cm³/mol. The number of nitrogens with two attached hydrogens (primary N) is 1. The van der Waals surface area contributed by atoms with Crippen molar-refractivity contribution < 1.29 is 0 Å². The van der Waals surface area contributed by atoms with Crippen molar-refractivity contribution in [1.29, 1.82) is 5.41 Å². The lowest BCUT2D eigenvalue weighted by Gasteiger charge is -2.33. The van der Waals surface area contributed by atoms with Gasteiger partial charge in [-0.3, -0.25) is 5.41 Å². The second kappa shape index (κ2) is 4.83. The van der Waals surface area contributed by atoms with Gasteiger partial charge in [-0.25, -0.2) is 4.98 Å². The lowest BCUT2D eigenvalue weighted by molar-refractivity contribution is 0.341. The van der Waals surface area contributed by atoms with Gasteiger partial charge in [0, 0.05) is 18.8 Å². The number of fused-ring (bicyclic) bond motifs is 1. The molecule has 0 spiro atoms. The van der Waals surface area contributed by atoms with Crippen molar-refractivity contribution in [3.63, 3.8) is 0 Å². The highest BCUT2D eigenvalue weighted by Gasteiger charge is 2.37. The number of nitrogen functional groups attached to an aromatic ring is 1. The predicted octanol–water partition coefficient (Wildman–Crippen LogP) is 2.44. The minimum absolute atomic E-state index is 0.139. The second-order valence-electron chi connectivity index (χ2n) is 5.83. The monoisotopic (exact) mass is 258 g/mol. The Bertz CT molecular complexity index is 497. The average molecular weight is 258 g/mol. The van der Waals surface area contributed by atoms with Crippen LogP contribution in [0.15, 0.2) is 12.3 Å². The van der Waals surface area contributed by atoms with Crippen molar-refractivity contribution in [3.8, 4) is 0 Å². The van der Waals surface area contributed by atoms with Crippen LogP contribution in [-0.4, -0.2) is 23.4 Å². The number of pyridine rings is 1. The molecule has 1 aliphatic heterocycles. The standard InChI is InChI=1S/C15H22N4/c1-10-6-8-18-15(13(10)14(16)17)19-9-7-11-4-2-3-5-12(11)19/h6,8,11-12H,2-5,7,9H2,1H3,(H3,16,17). The van der Waals surface area contributed by atoms with Crippen molar-refractivity contribution in [3.05, 3.63) is 23.4 Å². The van der Waals surface area contributed by atoms with Crippen molar-refractivity contribution >= 4 is 11.7 Å². The molecule has 19 heavy (non-hydrogen) atoms. The summed E-state index contributed by atoms with van der Waals surface area (Å²) in [6.45, 7) is 3.07. The molecule has 1 saturated carbocycles. The van der Waals surface area contributed by atoms with E-state index in [4.69, 9.17) is 11.1 Å². The van der Waals surface area contributed by atoms with E-state index in [0.29, 0.717) is 6.04 Å². The zero-order valence-electron chi connectivity index (χ0n) is 11.5. The van der Waals surface area contributed by atoms with Gasteiger partial charge in [-0.2, -0.15) is 0 Å². The maximum Gasteiger partial charge on any atom is 0.140 e. The average Bonchev–Trinajstić information content (AvgIpc) is 2.81. The maximum atomic E-state index is 7.82. The Balaban J connectivity index is 1.98. The summed E-state index contributed by atoms with van der Waals surface area (Å²) < 4.78 is 0. The third-order valence-corrected chi connectivity index (χ3v) is 4.69. The molecule has 0 aromatic carbocycles. The molecule has 0 radical (unpaired) electrons. The Kier molecular flexibility index (Phi) is 3.17. The zero-order chi connectivity index (χ0) is 13.4. The number of hydrogen-bond acceptors (Lipinski definition) is 3. The quantitative estimate of drug-likeness (QED) is 0.632. The molecule has 1 aromatic heterocycles. The van der Waals surface area contributed by atoms with Gasteiger partial charge in [0.2, 0.25) is 0 Å². The highest BCUT2D eigenvalue weighted by atomic mass is 15.2. The minimum Gasteiger partial charge on any atom is -0.384 e. The first-order valence-electron chi connectivity index (χ1n) is 7.25. The normalized spacial score (nSPS) is 26.3. The molecule has 3 N–H and O–H groups in total. The van der Waals surface area contributed by atoms with Crippen LogP contribution in [0, 0.1) is 18.3 Å². The van der Waals surface area contributed by atoms with Crippen LogP contribution in [0.3, 0.4) is 0 Å². The summed E-state index contributed by atoms with van der Waals surface area (Å²) >= 11 is 0. The lowest BCUT2D eigenvalue weighted by Crippen LogP contribution is -2.36.